The van der Waals surface area contributed by atoms with Crippen LogP contribution in [0.3, 0.4) is 0 Å². The highest BCUT2D eigenvalue weighted by Crippen LogP contribution is 2.26. The first-order valence-corrected chi connectivity index (χ1v) is 8.25. The number of nitrogens with one attached hydrogen (secondary N) is 1. The number of nitrogens with zero attached hydrogens (tertiary/aromatic N) is 1. The van der Waals surface area contributed by atoms with E-state index in [0.717, 1.165) is 11.4 Å². The SMILES string of the molecule is CCOc1ccccc1OCCCC(=O)NC(C)c1ccccn1. The normalized spacial score (nSPS) is 11.6. The van der Waals surface area contributed by atoms with E-state index < -0.39 is 0 Å². The van der Waals surface area contributed by atoms with Crippen LogP contribution in [0.5, 0.6) is 11.5 Å². The standard InChI is InChI=1S/C19H24N2O3/c1-3-23-17-10-4-5-11-18(17)24-14-8-12-19(22)21-15(2)16-9-6-7-13-20-16/h4-7,9-11,13,15H,3,8,12,14H2,1-2H3,(H,21,22). The molecule has 1 aromatic heterocycles. The van der Waals surface area contributed by atoms with Crippen molar-refractivity contribution in [3.8, 4) is 11.5 Å². The summed E-state index contributed by atoms with van der Waals surface area (Å²) in [6, 6.07) is 13.1. The molecule has 0 aliphatic heterocycles. The predicted octanol–water partition coefficient (Wildman–Crippen LogP) is 3.52. The lowest BCUT2D eigenvalue weighted by Crippen LogP contribution is -2.27. The molecule has 24 heavy (non-hydrogen) atoms. The fourth-order valence-corrected chi connectivity index (χ4v) is 2.28. The van der Waals surface area contributed by atoms with E-state index in [9.17, 15) is 4.79 Å². The molecule has 0 saturated carbocycles. The third-order valence-corrected chi connectivity index (χ3v) is 3.46. The summed E-state index contributed by atoms with van der Waals surface area (Å²) < 4.78 is 11.2. The van der Waals surface area contributed by atoms with Crippen molar-refractivity contribution < 1.29 is 14.3 Å². The summed E-state index contributed by atoms with van der Waals surface area (Å²) in [5.74, 6) is 1.43. The van der Waals surface area contributed by atoms with Crippen molar-refractivity contribution in [2.24, 2.45) is 0 Å². The van der Waals surface area contributed by atoms with Gasteiger partial charge in [-0.3, -0.25) is 9.78 Å². The highest BCUT2D eigenvalue weighted by Gasteiger charge is 2.10. The molecule has 0 spiro atoms. The van der Waals surface area contributed by atoms with Gasteiger partial charge < -0.3 is 14.8 Å². The molecule has 1 aromatic carbocycles. The van der Waals surface area contributed by atoms with Crippen molar-refractivity contribution in [3.63, 3.8) is 0 Å². The van der Waals surface area contributed by atoms with E-state index in [-0.39, 0.29) is 11.9 Å². The van der Waals surface area contributed by atoms with E-state index in [1.54, 1.807) is 6.20 Å². The quantitative estimate of drug-likeness (QED) is 0.716. The number of pyridine rings is 1. The molecule has 2 rings (SSSR count). The molecule has 0 aliphatic carbocycles. The molecule has 5 nitrogen and oxygen atoms in total. The zero-order valence-corrected chi connectivity index (χ0v) is 14.2. The summed E-state index contributed by atoms with van der Waals surface area (Å²) in [6.45, 7) is 4.92. The number of hydrogen-bond acceptors (Lipinski definition) is 4. The van der Waals surface area contributed by atoms with Crippen LogP contribution >= 0.6 is 0 Å². The lowest BCUT2D eigenvalue weighted by Gasteiger charge is -2.14. The smallest absolute Gasteiger partial charge is 0.220 e. The highest BCUT2D eigenvalue weighted by molar-refractivity contribution is 5.76. The molecule has 0 aliphatic rings. The molecular formula is C19H24N2O3. The largest absolute Gasteiger partial charge is 0.490 e. The first-order chi connectivity index (χ1) is 11.7. The summed E-state index contributed by atoms with van der Waals surface area (Å²) in [7, 11) is 0. The summed E-state index contributed by atoms with van der Waals surface area (Å²) in [5.41, 5.74) is 0.854. The predicted molar refractivity (Wildman–Crippen MR) is 93.1 cm³/mol. The molecule has 5 heteroatoms. The molecule has 1 heterocycles. The van der Waals surface area contributed by atoms with Gasteiger partial charge in [0.2, 0.25) is 5.91 Å². The summed E-state index contributed by atoms with van der Waals surface area (Å²) in [6.07, 6.45) is 2.77. The van der Waals surface area contributed by atoms with E-state index in [1.165, 1.54) is 0 Å². The van der Waals surface area contributed by atoms with Gasteiger partial charge in [-0.2, -0.15) is 0 Å². The molecule has 0 bridgehead atoms. The van der Waals surface area contributed by atoms with E-state index in [0.29, 0.717) is 31.8 Å². The monoisotopic (exact) mass is 328 g/mol. The number of ether oxygens (including phenoxy) is 2. The second-order valence-corrected chi connectivity index (χ2v) is 5.38. The molecule has 2 aromatic rings. The number of rotatable bonds is 9. The summed E-state index contributed by atoms with van der Waals surface area (Å²) in [5, 5.41) is 2.94. The third-order valence-electron chi connectivity index (χ3n) is 3.46. The van der Waals surface area contributed by atoms with E-state index in [4.69, 9.17) is 9.47 Å². The number of para-hydroxylation sites is 2. The molecule has 0 radical (unpaired) electrons. The molecule has 1 atom stereocenters. The average Bonchev–Trinajstić information content (AvgIpc) is 2.61. The van der Waals surface area contributed by atoms with Crippen LogP contribution in [0, 0.1) is 0 Å². The number of carbonyl (C=O) groups excluding carboxylic acids is 1. The Hall–Kier alpha value is -2.56. The van der Waals surface area contributed by atoms with Crippen molar-refractivity contribution in [1.82, 2.24) is 10.3 Å². The maximum atomic E-state index is 12.0. The number of benzene rings is 1. The van der Waals surface area contributed by atoms with Gasteiger partial charge in [-0.25, -0.2) is 0 Å². The Kier molecular flexibility index (Phi) is 7.08. The summed E-state index contributed by atoms with van der Waals surface area (Å²) >= 11 is 0. The average molecular weight is 328 g/mol. The lowest BCUT2D eigenvalue weighted by atomic mass is 10.2. The van der Waals surface area contributed by atoms with Gasteiger partial charge in [-0.05, 0) is 44.5 Å². The Morgan fingerprint density at radius 1 is 1.12 bits per heavy atom. The van der Waals surface area contributed by atoms with Crippen LogP contribution in [0.1, 0.15) is 38.4 Å². The number of hydrogen-bond donors (Lipinski definition) is 1. The van der Waals surface area contributed by atoms with Gasteiger partial charge in [-0.15, -0.1) is 0 Å². The van der Waals surface area contributed by atoms with Gasteiger partial charge in [0.15, 0.2) is 11.5 Å². The topological polar surface area (TPSA) is 60.5 Å². The molecule has 1 amide bonds. The Morgan fingerprint density at radius 2 is 1.83 bits per heavy atom. The molecule has 0 saturated heterocycles. The Morgan fingerprint density at radius 3 is 2.50 bits per heavy atom. The van der Waals surface area contributed by atoms with Gasteiger partial charge in [0.05, 0.1) is 24.9 Å². The minimum atomic E-state index is -0.0988. The van der Waals surface area contributed by atoms with Crippen LogP contribution < -0.4 is 14.8 Å². The van der Waals surface area contributed by atoms with Crippen molar-refractivity contribution in [2.45, 2.75) is 32.7 Å². The second kappa shape index (κ2) is 9.55. The molecule has 1 N–H and O–H groups in total. The van der Waals surface area contributed by atoms with Crippen molar-refractivity contribution in [2.75, 3.05) is 13.2 Å². The molecule has 0 fully saturated rings. The molecule has 1 unspecified atom stereocenters. The van der Waals surface area contributed by atoms with Gasteiger partial charge in [0, 0.05) is 12.6 Å². The maximum absolute atomic E-state index is 12.0. The van der Waals surface area contributed by atoms with Crippen LogP contribution in [0.2, 0.25) is 0 Å². The first kappa shape index (κ1) is 17.8. The van der Waals surface area contributed by atoms with Gasteiger partial charge in [-0.1, -0.05) is 18.2 Å². The van der Waals surface area contributed by atoms with Crippen LogP contribution in [-0.4, -0.2) is 24.1 Å². The lowest BCUT2D eigenvalue weighted by molar-refractivity contribution is -0.122. The Bertz CT molecular complexity index is 632. The molecule has 128 valence electrons. The molecular weight excluding hydrogens is 304 g/mol. The Labute approximate surface area is 143 Å². The van der Waals surface area contributed by atoms with Crippen LogP contribution in [0.15, 0.2) is 48.7 Å². The highest BCUT2D eigenvalue weighted by atomic mass is 16.5. The van der Waals surface area contributed by atoms with E-state index in [2.05, 4.69) is 10.3 Å². The third kappa shape index (κ3) is 5.57. The minimum absolute atomic E-state index is 0.00477. The fourth-order valence-electron chi connectivity index (χ4n) is 2.28. The number of amides is 1. The van der Waals surface area contributed by atoms with E-state index >= 15 is 0 Å². The van der Waals surface area contributed by atoms with Gasteiger partial charge in [0.1, 0.15) is 0 Å². The van der Waals surface area contributed by atoms with Crippen LogP contribution in [0.25, 0.3) is 0 Å². The Balaban J connectivity index is 1.71. The van der Waals surface area contributed by atoms with Gasteiger partial charge >= 0.3 is 0 Å². The second-order valence-electron chi connectivity index (χ2n) is 5.38. The van der Waals surface area contributed by atoms with Gasteiger partial charge in [0.25, 0.3) is 0 Å². The zero-order chi connectivity index (χ0) is 17.2. The van der Waals surface area contributed by atoms with E-state index in [1.807, 2.05) is 56.3 Å². The fraction of sp³-hybridized carbons (Fsp3) is 0.368. The summed E-state index contributed by atoms with van der Waals surface area (Å²) in [4.78, 5) is 16.2. The number of carbonyl (C=O) groups is 1. The zero-order valence-electron chi connectivity index (χ0n) is 14.2. The van der Waals surface area contributed by atoms with Crippen LogP contribution in [0.4, 0.5) is 0 Å². The van der Waals surface area contributed by atoms with Crippen molar-refractivity contribution in [3.05, 3.63) is 54.4 Å². The van der Waals surface area contributed by atoms with Crippen molar-refractivity contribution >= 4 is 5.91 Å². The van der Waals surface area contributed by atoms with Crippen molar-refractivity contribution in [1.29, 1.82) is 0 Å². The number of aromatic nitrogens is 1. The maximum Gasteiger partial charge on any atom is 0.220 e. The minimum Gasteiger partial charge on any atom is -0.490 e. The van der Waals surface area contributed by atoms with Crippen LogP contribution in [-0.2, 0) is 4.79 Å². The first-order valence-electron chi connectivity index (χ1n) is 8.25.